The number of benzene rings is 1. The zero-order valence-corrected chi connectivity index (χ0v) is 13.1. The number of rotatable bonds is 3. The SMILES string of the molecule is Cc1cc(Br)ccc1-c1n[nH]c(=S)n1CC(C)C. The Bertz CT molecular complexity index is 613. The molecule has 1 aromatic heterocycles. The van der Waals surface area contributed by atoms with Crippen LogP contribution in [0, 0.1) is 17.6 Å². The molecule has 2 rings (SSSR count). The molecule has 96 valence electrons. The fraction of sp³-hybridized carbons (Fsp3) is 0.385. The first-order valence-electron chi connectivity index (χ1n) is 5.90. The molecule has 0 aliphatic heterocycles. The van der Waals surface area contributed by atoms with Crippen LogP contribution in [0.4, 0.5) is 0 Å². The number of H-pyrrole nitrogens is 1. The van der Waals surface area contributed by atoms with Crippen molar-refractivity contribution in [1.29, 1.82) is 0 Å². The van der Waals surface area contributed by atoms with Crippen LogP contribution in [0.5, 0.6) is 0 Å². The van der Waals surface area contributed by atoms with Gasteiger partial charge in [-0.2, -0.15) is 5.10 Å². The summed E-state index contributed by atoms with van der Waals surface area (Å²) in [5, 5.41) is 7.25. The van der Waals surface area contributed by atoms with Crippen molar-refractivity contribution in [1.82, 2.24) is 14.8 Å². The molecule has 0 aliphatic rings. The van der Waals surface area contributed by atoms with Crippen molar-refractivity contribution >= 4 is 28.1 Å². The van der Waals surface area contributed by atoms with E-state index in [2.05, 4.69) is 63.6 Å². The van der Waals surface area contributed by atoms with E-state index in [9.17, 15) is 0 Å². The Morgan fingerprint density at radius 3 is 2.78 bits per heavy atom. The average Bonchev–Trinajstić information content (AvgIpc) is 2.60. The van der Waals surface area contributed by atoms with Crippen molar-refractivity contribution in [3.05, 3.63) is 33.0 Å². The van der Waals surface area contributed by atoms with Crippen molar-refractivity contribution < 1.29 is 0 Å². The maximum atomic E-state index is 5.30. The Kier molecular flexibility index (Phi) is 4.02. The molecule has 5 heteroatoms. The number of nitrogens with one attached hydrogen (secondary N) is 1. The van der Waals surface area contributed by atoms with Gasteiger partial charge in [0.1, 0.15) is 0 Å². The molecule has 1 heterocycles. The van der Waals surface area contributed by atoms with Gasteiger partial charge in [0.15, 0.2) is 10.6 Å². The largest absolute Gasteiger partial charge is 0.300 e. The van der Waals surface area contributed by atoms with E-state index in [1.807, 2.05) is 6.07 Å². The van der Waals surface area contributed by atoms with E-state index in [1.165, 1.54) is 5.56 Å². The highest BCUT2D eigenvalue weighted by atomic mass is 79.9. The molecule has 0 saturated carbocycles. The minimum absolute atomic E-state index is 0.531. The summed E-state index contributed by atoms with van der Waals surface area (Å²) in [5.74, 6) is 1.45. The molecule has 2 aromatic rings. The Morgan fingerprint density at radius 2 is 2.17 bits per heavy atom. The van der Waals surface area contributed by atoms with Crippen molar-refractivity contribution in [3.63, 3.8) is 0 Å². The Labute approximate surface area is 120 Å². The lowest BCUT2D eigenvalue weighted by atomic mass is 10.1. The fourth-order valence-electron chi connectivity index (χ4n) is 1.94. The van der Waals surface area contributed by atoms with Gasteiger partial charge in [-0.05, 0) is 48.8 Å². The third kappa shape index (κ3) is 2.72. The molecule has 0 fully saturated rings. The van der Waals surface area contributed by atoms with Crippen LogP contribution in [0.15, 0.2) is 22.7 Å². The standard InChI is InChI=1S/C13H16BrN3S/c1-8(2)7-17-12(15-16-13(17)18)11-5-4-10(14)6-9(11)3/h4-6,8H,7H2,1-3H3,(H,16,18). The predicted molar refractivity (Wildman–Crippen MR) is 80.1 cm³/mol. The van der Waals surface area contributed by atoms with E-state index in [0.717, 1.165) is 22.4 Å². The molecule has 0 bridgehead atoms. The summed E-state index contributed by atoms with van der Waals surface area (Å²) in [6, 6.07) is 6.19. The Morgan fingerprint density at radius 1 is 1.44 bits per heavy atom. The normalized spacial score (nSPS) is 11.2. The lowest BCUT2D eigenvalue weighted by molar-refractivity contribution is 0.521. The maximum Gasteiger partial charge on any atom is 0.195 e. The number of halogens is 1. The molecule has 3 nitrogen and oxygen atoms in total. The van der Waals surface area contributed by atoms with Crippen molar-refractivity contribution in [2.24, 2.45) is 5.92 Å². The van der Waals surface area contributed by atoms with E-state index < -0.39 is 0 Å². The molecular formula is C13H16BrN3S. The fourth-order valence-corrected chi connectivity index (χ4v) is 2.62. The average molecular weight is 326 g/mol. The summed E-state index contributed by atoms with van der Waals surface area (Å²) in [7, 11) is 0. The van der Waals surface area contributed by atoms with Gasteiger partial charge in [-0.1, -0.05) is 29.8 Å². The molecule has 0 aliphatic carbocycles. The highest BCUT2D eigenvalue weighted by Gasteiger charge is 2.12. The van der Waals surface area contributed by atoms with Gasteiger partial charge in [-0.3, -0.25) is 9.67 Å². The Balaban J connectivity index is 2.54. The minimum Gasteiger partial charge on any atom is -0.300 e. The van der Waals surface area contributed by atoms with Gasteiger partial charge in [0.2, 0.25) is 0 Å². The number of hydrogen-bond acceptors (Lipinski definition) is 2. The summed E-state index contributed by atoms with van der Waals surface area (Å²) < 4.78 is 3.82. The summed E-state index contributed by atoms with van der Waals surface area (Å²) >= 11 is 8.77. The quantitative estimate of drug-likeness (QED) is 0.852. The first kappa shape index (κ1) is 13.5. The van der Waals surface area contributed by atoms with Crippen LogP contribution < -0.4 is 0 Å². The van der Waals surface area contributed by atoms with Gasteiger partial charge in [0.25, 0.3) is 0 Å². The first-order chi connectivity index (χ1) is 8.49. The number of aromatic amines is 1. The van der Waals surface area contributed by atoms with Crippen LogP contribution in [0.2, 0.25) is 0 Å². The smallest absolute Gasteiger partial charge is 0.195 e. The molecule has 1 aromatic carbocycles. The second-order valence-corrected chi connectivity index (χ2v) is 6.12. The topological polar surface area (TPSA) is 33.6 Å². The predicted octanol–water partition coefficient (Wildman–Crippen LogP) is 4.33. The highest BCUT2D eigenvalue weighted by molar-refractivity contribution is 9.10. The number of hydrogen-bond donors (Lipinski definition) is 1. The monoisotopic (exact) mass is 325 g/mol. The van der Waals surface area contributed by atoms with Crippen LogP contribution in [0.1, 0.15) is 19.4 Å². The van der Waals surface area contributed by atoms with Gasteiger partial charge in [0, 0.05) is 16.6 Å². The van der Waals surface area contributed by atoms with Gasteiger partial charge < -0.3 is 0 Å². The molecule has 0 unspecified atom stereocenters. The van der Waals surface area contributed by atoms with Crippen LogP contribution in [0.25, 0.3) is 11.4 Å². The summed E-state index contributed by atoms with van der Waals surface area (Å²) in [6.45, 7) is 7.30. The van der Waals surface area contributed by atoms with E-state index in [4.69, 9.17) is 12.2 Å². The van der Waals surface area contributed by atoms with Gasteiger partial charge in [-0.15, -0.1) is 0 Å². The minimum atomic E-state index is 0.531. The zero-order valence-electron chi connectivity index (χ0n) is 10.7. The van der Waals surface area contributed by atoms with Crippen LogP contribution in [0.3, 0.4) is 0 Å². The van der Waals surface area contributed by atoms with Crippen molar-refractivity contribution in [2.75, 3.05) is 0 Å². The van der Waals surface area contributed by atoms with Crippen LogP contribution in [-0.2, 0) is 6.54 Å². The molecule has 0 atom stereocenters. The second-order valence-electron chi connectivity index (χ2n) is 4.82. The summed E-state index contributed by atoms with van der Waals surface area (Å²) in [4.78, 5) is 0. The maximum absolute atomic E-state index is 5.30. The number of aryl methyl sites for hydroxylation is 1. The lowest BCUT2D eigenvalue weighted by Gasteiger charge is -2.11. The van der Waals surface area contributed by atoms with E-state index in [-0.39, 0.29) is 0 Å². The van der Waals surface area contributed by atoms with E-state index >= 15 is 0 Å². The number of nitrogens with zero attached hydrogens (tertiary/aromatic N) is 2. The van der Waals surface area contributed by atoms with Crippen LogP contribution >= 0.6 is 28.1 Å². The van der Waals surface area contributed by atoms with Crippen molar-refractivity contribution in [3.8, 4) is 11.4 Å². The molecule has 0 saturated heterocycles. The molecule has 0 radical (unpaired) electrons. The number of aromatic nitrogens is 3. The molecule has 1 N–H and O–H groups in total. The molecule has 18 heavy (non-hydrogen) atoms. The molecule has 0 amide bonds. The summed E-state index contributed by atoms with van der Waals surface area (Å²) in [6.07, 6.45) is 0. The first-order valence-corrected chi connectivity index (χ1v) is 7.11. The summed E-state index contributed by atoms with van der Waals surface area (Å²) in [5.41, 5.74) is 2.30. The van der Waals surface area contributed by atoms with Gasteiger partial charge >= 0.3 is 0 Å². The third-order valence-corrected chi connectivity index (χ3v) is 3.54. The molecule has 0 spiro atoms. The molecular weight excluding hydrogens is 310 g/mol. The van der Waals surface area contributed by atoms with Gasteiger partial charge in [-0.25, -0.2) is 0 Å². The van der Waals surface area contributed by atoms with Crippen LogP contribution in [-0.4, -0.2) is 14.8 Å². The zero-order chi connectivity index (χ0) is 13.3. The second kappa shape index (κ2) is 5.36. The van der Waals surface area contributed by atoms with Crippen molar-refractivity contribution in [2.45, 2.75) is 27.3 Å². The third-order valence-electron chi connectivity index (χ3n) is 2.74. The van der Waals surface area contributed by atoms with E-state index in [0.29, 0.717) is 10.7 Å². The highest BCUT2D eigenvalue weighted by Crippen LogP contribution is 2.25. The van der Waals surface area contributed by atoms with E-state index in [1.54, 1.807) is 0 Å². The lowest BCUT2D eigenvalue weighted by Crippen LogP contribution is -2.06. The Hall–Kier alpha value is -0.940. The van der Waals surface area contributed by atoms with Gasteiger partial charge in [0.05, 0.1) is 0 Å².